The van der Waals surface area contributed by atoms with E-state index in [9.17, 15) is 9.59 Å². The Bertz CT molecular complexity index is 1260. The predicted molar refractivity (Wildman–Crippen MR) is 137 cm³/mol. The van der Waals surface area contributed by atoms with Crippen LogP contribution >= 0.6 is 11.8 Å². The standard InChI is InChI=1S/C27H28N4O2S/c1-17-15-18(2)28-26-24(17)31(13-14-34-26)27(33)29-21-10-5-9-20(16-21)25(32)30-23-12-6-8-19-7-3-4-11-22(19)23/h3-5,7,9-11,15-16,23H,6,8,12-14H2,1-2H3,(H,29,33)(H,30,32)/t23-/m0/s1. The van der Waals surface area contributed by atoms with Gasteiger partial charge in [0.15, 0.2) is 0 Å². The molecule has 1 aliphatic carbocycles. The number of benzene rings is 2. The molecule has 0 unspecified atom stereocenters. The Morgan fingerprint density at radius 3 is 2.82 bits per heavy atom. The molecule has 2 N–H and O–H groups in total. The summed E-state index contributed by atoms with van der Waals surface area (Å²) in [5.74, 6) is 0.662. The highest BCUT2D eigenvalue weighted by atomic mass is 32.2. The third kappa shape index (κ3) is 4.53. The highest BCUT2D eigenvalue weighted by molar-refractivity contribution is 7.99. The van der Waals surface area contributed by atoms with Crippen molar-refractivity contribution in [2.24, 2.45) is 0 Å². The summed E-state index contributed by atoms with van der Waals surface area (Å²) in [5, 5.41) is 7.06. The van der Waals surface area contributed by atoms with Crippen molar-refractivity contribution in [2.45, 2.75) is 44.2 Å². The fraction of sp³-hybridized carbons (Fsp3) is 0.296. The topological polar surface area (TPSA) is 74.3 Å². The second kappa shape index (κ2) is 9.50. The van der Waals surface area contributed by atoms with Crippen LogP contribution in [-0.4, -0.2) is 29.2 Å². The number of aryl methyl sites for hydroxylation is 3. The summed E-state index contributed by atoms with van der Waals surface area (Å²) in [6.45, 7) is 4.58. The van der Waals surface area contributed by atoms with E-state index in [-0.39, 0.29) is 18.0 Å². The third-order valence-corrected chi connectivity index (χ3v) is 7.34. The number of urea groups is 1. The Morgan fingerprint density at radius 2 is 1.94 bits per heavy atom. The lowest BCUT2D eigenvalue weighted by Gasteiger charge is -2.30. The number of hydrogen-bond donors (Lipinski definition) is 2. The molecular weight excluding hydrogens is 444 g/mol. The minimum Gasteiger partial charge on any atom is -0.345 e. The van der Waals surface area contributed by atoms with E-state index >= 15 is 0 Å². The summed E-state index contributed by atoms with van der Waals surface area (Å²) in [6.07, 6.45) is 3.04. The van der Waals surface area contributed by atoms with Crippen LogP contribution in [0.3, 0.4) is 0 Å². The van der Waals surface area contributed by atoms with Gasteiger partial charge in [-0.25, -0.2) is 9.78 Å². The minimum absolute atomic E-state index is 0.0111. The van der Waals surface area contributed by atoms with Crippen molar-refractivity contribution < 1.29 is 9.59 Å². The smallest absolute Gasteiger partial charge is 0.326 e. The number of nitrogens with zero attached hydrogens (tertiary/aromatic N) is 2. The van der Waals surface area contributed by atoms with Gasteiger partial charge in [-0.05, 0) is 74.1 Å². The molecule has 2 heterocycles. The van der Waals surface area contributed by atoms with E-state index < -0.39 is 0 Å². The van der Waals surface area contributed by atoms with Gasteiger partial charge in [-0.15, -0.1) is 11.8 Å². The molecule has 3 aromatic rings. The van der Waals surface area contributed by atoms with Crippen LogP contribution in [0.25, 0.3) is 0 Å². The van der Waals surface area contributed by atoms with Crippen molar-refractivity contribution in [3.63, 3.8) is 0 Å². The molecule has 5 rings (SSSR count). The summed E-state index contributed by atoms with van der Waals surface area (Å²) in [5.41, 5.74) is 6.48. The molecule has 7 heteroatoms. The second-order valence-electron chi connectivity index (χ2n) is 8.86. The maximum atomic E-state index is 13.2. The molecule has 6 nitrogen and oxygen atoms in total. The van der Waals surface area contributed by atoms with Crippen molar-refractivity contribution >= 4 is 35.1 Å². The van der Waals surface area contributed by atoms with E-state index in [1.54, 1.807) is 34.9 Å². The van der Waals surface area contributed by atoms with Gasteiger partial charge in [0.25, 0.3) is 5.91 Å². The number of aromatic nitrogens is 1. The van der Waals surface area contributed by atoms with Crippen molar-refractivity contribution in [1.29, 1.82) is 0 Å². The highest BCUT2D eigenvalue weighted by Gasteiger charge is 2.27. The number of carbonyl (C=O) groups is 2. The van der Waals surface area contributed by atoms with Gasteiger partial charge in [0.2, 0.25) is 0 Å². The molecule has 2 aromatic carbocycles. The molecule has 0 saturated carbocycles. The normalized spacial score (nSPS) is 16.9. The van der Waals surface area contributed by atoms with Crippen molar-refractivity contribution in [1.82, 2.24) is 10.3 Å². The van der Waals surface area contributed by atoms with Gasteiger partial charge < -0.3 is 10.6 Å². The van der Waals surface area contributed by atoms with E-state index in [4.69, 9.17) is 0 Å². The van der Waals surface area contributed by atoms with Gasteiger partial charge in [0.05, 0.1) is 11.7 Å². The first-order valence-corrected chi connectivity index (χ1v) is 12.7. The fourth-order valence-electron chi connectivity index (χ4n) is 4.85. The summed E-state index contributed by atoms with van der Waals surface area (Å²) in [6, 6.07) is 17.2. The van der Waals surface area contributed by atoms with Gasteiger partial charge in [-0.1, -0.05) is 30.3 Å². The number of thioether (sulfide) groups is 1. The Kier molecular flexibility index (Phi) is 6.28. The number of carbonyl (C=O) groups excluding carboxylic acids is 2. The number of anilines is 2. The summed E-state index contributed by atoms with van der Waals surface area (Å²) < 4.78 is 0. The minimum atomic E-state index is -0.214. The average molecular weight is 473 g/mol. The zero-order chi connectivity index (χ0) is 23.7. The number of fused-ring (bicyclic) bond motifs is 2. The van der Waals surface area contributed by atoms with E-state index in [2.05, 4.69) is 27.8 Å². The molecule has 0 saturated heterocycles. The lowest BCUT2D eigenvalue weighted by atomic mass is 9.87. The molecule has 34 heavy (non-hydrogen) atoms. The number of amides is 3. The van der Waals surface area contributed by atoms with Gasteiger partial charge in [0.1, 0.15) is 5.03 Å². The van der Waals surface area contributed by atoms with E-state index in [1.165, 1.54) is 11.1 Å². The van der Waals surface area contributed by atoms with Crippen LogP contribution in [0, 0.1) is 13.8 Å². The first kappa shape index (κ1) is 22.5. The van der Waals surface area contributed by atoms with Crippen molar-refractivity contribution in [2.75, 3.05) is 22.5 Å². The molecule has 0 bridgehead atoms. The predicted octanol–water partition coefficient (Wildman–Crippen LogP) is 5.65. The first-order chi connectivity index (χ1) is 16.5. The van der Waals surface area contributed by atoms with E-state index in [1.807, 2.05) is 38.1 Å². The van der Waals surface area contributed by atoms with Gasteiger partial charge in [-0.2, -0.15) is 0 Å². The maximum absolute atomic E-state index is 13.2. The Hall–Kier alpha value is -3.32. The highest BCUT2D eigenvalue weighted by Crippen LogP contribution is 2.36. The molecule has 0 spiro atoms. The van der Waals surface area contributed by atoms with Crippen LogP contribution in [0.1, 0.15) is 51.6 Å². The monoisotopic (exact) mass is 472 g/mol. The quantitative estimate of drug-likeness (QED) is 0.517. The molecule has 1 atom stereocenters. The average Bonchev–Trinajstić information content (AvgIpc) is 2.84. The lowest BCUT2D eigenvalue weighted by molar-refractivity contribution is 0.0932. The largest absolute Gasteiger partial charge is 0.345 e. The first-order valence-electron chi connectivity index (χ1n) is 11.7. The number of pyridine rings is 1. The van der Waals surface area contributed by atoms with E-state index in [0.717, 1.165) is 47.0 Å². The van der Waals surface area contributed by atoms with Gasteiger partial charge in [-0.3, -0.25) is 9.69 Å². The maximum Gasteiger partial charge on any atom is 0.326 e. The summed E-state index contributed by atoms with van der Waals surface area (Å²) >= 11 is 1.68. The van der Waals surface area contributed by atoms with E-state index in [0.29, 0.717) is 17.8 Å². The molecule has 2 aliphatic rings. The lowest BCUT2D eigenvalue weighted by Crippen LogP contribution is -2.39. The van der Waals surface area contributed by atoms with Crippen LogP contribution in [0.4, 0.5) is 16.2 Å². The third-order valence-electron chi connectivity index (χ3n) is 6.40. The SMILES string of the molecule is Cc1cc(C)c2c(n1)SCCN2C(=O)Nc1cccc(C(=O)N[C@H]2CCCc3ccccc32)c1. The van der Waals surface area contributed by atoms with Gasteiger partial charge >= 0.3 is 6.03 Å². The number of rotatable bonds is 3. The molecule has 174 valence electrons. The molecule has 0 fully saturated rings. The van der Waals surface area contributed by atoms with Crippen LogP contribution in [0.5, 0.6) is 0 Å². The molecule has 1 aromatic heterocycles. The summed E-state index contributed by atoms with van der Waals surface area (Å²) in [4.78, 5) is 32.6. The van der Waals surface area contributed by atoms with Crippen LogP contribution in [0.2, 0.25) is 0 Å². The van der Waals surface area contributed by atoms with Crippen molar-refractivity contribution in [3.05, 3.63) is 82.5 Å². The number of nitrogens with one attached hydrogen (secondary N) is 2. The zero-order valence-corrected chi connectivity index (χ0v) is 20.2. The Balaban J connectivity index is 1.31. The van der Waals surface area contributed by atoms with Crippen molar-refractivity contribution in [3.8, 4) is 0 Å². The Morgan fingerprint density at radius 1 is 1.09 bits per heavy atom. The molecule has 3 amide bonds. The molecule has 1 aliphatic heterocycles. The molecule has 0 radical (unpaired) electrons. The molecular formula is C27H28N4O2S. The second-order valence-corrected chi connectivity index (χ2v) is 9.95. The summed E-state index contributed by atoms with van der Waals surface area (Å²) in [7, 11) is 0. The van der Waals surface area contributed by atoms with Gasteiger partial charge in [0, 0.05) is 29.2 Å². The fourth-order valence-corrected chi connectivity index (χ4v) is 5.93. The van der Waals surface area contributed by atoms with Crippen LogP contribution in [0.15, 0.2) is 59.6 Å². The zero-order valence-electron chi connectivity index (χ0n) is 19.4. The number of hydrogen-bond acceptors (Lipinski definition) is 4. The van der Waals surface area contributed by atoms with Crippen LogP contribution in [-0.2, 0) is 6.42 Å². The Labute approximate surface area is 204 Å². The van der Waals surface area contributed by atoms with Crippen LogP contribution < -0.4 is 15.5 Å².